The first kappa shape index (κ1) is 15.4. The van der Waals surface area contributed by atoms with Gasteiger partial charge in [-0.3, -0.25) is 0 Å². The number of hydrogen-bond acceptors (Lipinski definition) is 3. The normalized spacial score (nSPS) is 12.1. The Bertz CT molecular complexity index is 526. The molecule has 0 spiro atoms. The largest absolute Gasteiger partial charge is 0.392 e. The molecule has 2 N–H and O–H groups in total. The SMILES string of the molecule is CC(C)N(CC(N)=S)S(=O)(=O)c1ccc(Cl)cc1. The molecule has 1 rings (SSSR count). The molecule has 0 aromatic heterocycles. The highest BCUT2D eigenvalue weighted by Gasteiger charge is 2.27. The highest BCUT2D eigenvalue weighted by molar-refractivity contribution is 7.89. The summed E-state index contributed by atoms with van der Waals surface area (Å²) in [6.07, 6.45) is 0. The molecule has 0 amide bonds. The van der Waals surface area contributed by atoms with Crippen molar-refractivity contribution in [1.29, 1.82) is 0 Å². The fourth-order valence-electron chi connectivity index (χ4n) is 1.44. The highest BCUT2D eigenvalue weighted by Crippen LogP contribution is 2.20. The van der Waals surface area contributed by atoms with Crippen LogP contribution >= 0.6 is 23.8 Å². The van der Waals surface area contributed by atoms with Crippen LogP contribution in [0.3, 0.4) is 0 Å². The Kier molecular flexibility index (Phi) is 5.10. The Morgan fingerprint density at radius 3 is 2.28 bits per heavy atom. The van der Waals surface area contributed by atoms with Crippen LogP contribution in [0.1, 0.15) is 13.8 Å². The van der Waals surface area contributed by atoms with E-state index in [-0.39, 0.29) is 22.5 Å². The van der Waals surface area contributed by atoms with Gasteiger partial charge in [0.25, 0.3) is 0 Å². The van der Waals surface area contributed by atoms with Gasteiger partial charge in [0, 0.05) is 11.1 Å². The summed E-state index contributed by atoms with van der Waals surface area (Å²) >= 11 is 10.5. The average molecular weight is 307 g/mol. The summed E-state index contributed by atoms with van der Waals surface area (Å²) in [6, 6.07) is 5.77. The van der Waals surface area contributed by atoms with Gasteiger partial charge in [0.05, 0.1) is 16.4 Å². The van der Waals surface area contributed by atoms with Crippen LogP contribution in [0.2, 0.25) is 5.02 Å². The Morgan fingerprint density at radius 1 is 1.39 bits per heavy atom. The first-order chi connectivity index (χ1) is 8.25. The van der Waals surface area contributed by atoms with Crippen molar-refractivity contribution >= 4 is 38.8 Å². The van der Waals surface area contributed by atoms with E-state index >= 15 is 0 Å². The van der Waals surface area contributed by atoms with Crippen molar-refractivity contribution in [3.8, 4) is 0 Å². The standard InChI is InChI=1S/C11H15ClN2O2S2/c1-8(2)14(7-11(13)17)18(15,16)10-5-3-9(12)4-6-10/h3-6,8H,7H2,1-2H3,(H2,13,17). The van der Waals surface area contributed by atoms with Gasteiger partial charge in [-0.05, 0) is 38.1 Å². The predicted octanol–water partition coefficient (Wildman–Crippen LogP) is 2.03. The molecule has 0 aliphatic rings. The third-order valence-electron chi connectivity index (χ3n) is 2.31. The second-order valence-corrected chi connectivity index (χ2v) is 6.92. The summed E-state index contributed by atoms with van der Waals surface area (Å²) in [6.45, 7) is 3.56. The summed E-state index contributed by atoms with van der Waals surface area (Å²) in [4.78, 5) is 0.318. The number of thiocarbonyl (C=S) groups is 1. The molecule has 0 radical (unpaired) electrons. The number of halogens is 1. The van der Waals surface area contributed by atoms with Gasteiger partial charge >= 0.3 is 0 Å². The Hall–Kier alpha value is -0.690. The van der Waals surface area contributed by atoms with E-state index in [4.69, 9.17) is 29.6 Å². The zero-order valence-corrected chi connectivity index (χ0v) is 12.5. The zero-order chi connectivity index (χ0) is 13.9. The van der Waals surface area contributed by atoms with Crippen molar-refractivity contribution in [1.82, 2.24) is 4.31 Å². The maximum Gasteiger partial charge on any atom is 0.243 e. The molecule has 7 heteroatoms. The molecule has 0 atom stereocenters. The summed E-state index contributed by atoms with van der Waals surface area (Å²) in [5.74, 6) is 0. The van der Waals surface area contributed by atoms with Gasteiger partial charge in [-0.1, -0.05) is 23.8 Å². The van der Waals surface area contributed by atoms with Gasteiger partial charge in [0.1, 0.15) is 0 Å². The lowest BCUT2D eigenvalue weighted by atomic mass is 10.4. The highest BCUT2D eigenvalue weighted by atomic mass is 35.5. The topological polar surface area (TPSA) is 63.4 Å². The first-order valence-electron chi connectivity index (χ1n) is 5.31. The molecule has 0 unspecified atom stereocenters. The molecule has 4 nitrogen and oxygen atoms in total. The van der Waals surface area contributed by atoms with E-state index in [2.05, 4.69) is 0 Å². The van der Waals surface area contributed by atoms with Gasteiger partial charge < -0.3 is 5.73 Å². The number of hydrogen-bond donors (Lipinski definition) is 1. The fraction of sp³-hybridized carbons (Fsp3) is 0.364. The minimum atomic E-state index is -3.60. The van der Waals surface area contributed by atoms with E-state index in [1.165, 1.54) is 28.6 Å². The third kappa shape index (κ3) is 3.65. The van der Waals surface area contributed by atoms with Crippen LogP contribution in [0.15, 0.2) is 29.2 Å². The van der Waals surface area contributed by atoms with E-state index in [9.17, 15) is 8.42 Å². The Labute approximate surface area is 118 Å². The van der Waals surface area contributed by atoms with E-state index in [1.54, 1.807) is 13.8 Å². The van der Waals surface area contributed by atoms with Crippen molar-refractivity contribution < 1.29 is 8.42 Å². The molecule has 18 heavy (non-hydrogen) atoms. The average Bonchev–Trinajstić information content (AvgIpc) is 2.25. The van der Waals surface area contributed by atoms with Gasteiger partial charge in [-0.25, -0.2) is 8.42 Å². The minimum absolute atomic E-state index is 0.0258. The van der Waals surface area contributed by atoms with Gasteiger partial charge in [-0.15, -0.1) is 0 Å². The molecule has 0 saturated carbocycles. The molecular weight excluding hydrogens is 292 g/mol. The van der Waals surface area contributed by atoms with Gasteiger partial charge in [0.15, 0.2) is 0 Å². The Morgan fingerprint density at radius 2 is 1.89 bits per heavy atom. The van der Waals surface area contributed by atoms with Crippen LogP contribution in [0, 0.1) is 0 Å². The van der Waals surface area contributed by atoms with Crippen molar-refractivity contribution in [3.63, 3.8) is 0 Å². The van der Waals surface area contributed by atoms with Crippen molar-refractivity contribution in [3.05, 3.63) is 29.3 Å². The number of sulfonamides is 1. The molecule has 0 bridgehead atoms. The van der Waals surface area contributed by atoms with Crippen LogP contribution in [0.4, 0.5) is 0 Å². The van der Waals surface area contributed by atoms with Crippen LogP contribution < -0.4 is 5.73 Å². The molecule has 0 saturated heterocycles. The molecular formula is C11H15ClN2O2S2. The van der Waals surface area contributed by atoms with E-state index < -0.39 is 10.0 Å². The monoisotopic (exact) mass is 306 g/mol. The van der Waals surface area contributed by atoms with Crippen molar-refractivity contribution in [2.24, 2.45) is 5.73 Å². The quantitative estimate of drug-likeness (QED) is 0.845. The smallest absolute Gasteiger partial charge is 0.243 e. The molecule has 1 aromatic rings. The van der Waals surface area contributed by atoms with E-state index in [1.807, 2.05) is 0 Å². The van der Waals surface area contributed by atoms with Crippen LogP contribution in [0.25, 0.3) is 0 Å². The number of nitrogens with zero attached hydrogens (tertiary/aromatic N) is 1. The second kappa shape index (κ2) is 5.97. The van der Waals surface area contributed by atoms with Crippen LogP contribution in [-0.4, -0.2) is 30.3 Å². The molecule has 1 aromatic carbocycles. The van der Waals surface area contributed by atoms with Crippen molar-refractivity contribution in [2.75, 3.05) is 6.54 Å². The van der Waals surface area contributed by atoms with Crippen molar-refractivity contribution in [2.45, 2.75) is 24.8 Å². The lowest BCUT2D eigenvalue weighted by Gasteiger charge is -2.25. The fourth-order valence-corrected chi connectivity index (χ4v) is 3.40. The predicted molar refractivity (Wildman–Crippen MR) is 77.3 cm³/mol. The summed E-state index contributed by atoms with van der Waals surface area (Å²) < 4.78 is 26.0. The summed E-state index contributed by atoms with van der Waals surface area (Å²) in [5.41, 5.74) is 5.43. The first-order valence-corrected chi connectivity index (χ1v) is 7.53. The van der Waals surface area contributed by atoms with Gasteiger partial charge in [-0.2, -0.15) is 4.31 Å². The number of benzene rings is 1. The molecule has 0 heterocycles. The van der Waals surface area contributed by atoms with Crippen LogP contribution in [0.5, 0.6) is 0 Å². The summed E-state index contributed by atoms with van der Waals surface area (Å²) in [5, 5.41) is 0.486. The lowest BCUT2D eigenvalue weighted by molar-refractivity contribution is 0.391. The molecule has 100 valence electrons. The lowest BCUT2D eigenvalue weighted by Crippen LogP contribution is -2.42. The number of rotatable bonds is 5. The zero-order valence-electron chi connectivity index (χ0n) is 10.1. The van der Waals surface area contributed by atoms with Gasteiger partial charge in [0.2, 0.25) is 10.0 Å². The maximum absolute atomic E-state index is 12.4. The molecule has 0 aliphatic heterocycles. The van der Waals surface area contributed by atoms with E-state index in [0.29, 0.717) is 5.02 Å². The molecule has 0 aliphatic carbocycles. The molecule has 0 fully saturated rings. The Balaban J connectivity index is 3.16. The second-order valence-electron chi connectivity index (χ2n) is 4.06. The van der Waals surface area contributed by atoms with E-state index in [0.717, 1.165) is 0 Å². The maximum atomic E-state index is 12.4. The third-order valence-corrected chi connectivity index (χ3v) is 4.73. The summed E-state index contributed by atoms with van der Waals surface area (Å²) in [7, 11) is -3.60. The van der Waals surface area contributed by atoms with Crippen LogP contribution in [-0.2, 0) is 10.0 Å². The minimum Gasteiger partial charge on any atom is -0.392 e. The number of nitrogens with two attached hydrogens (primary N) is 1.